The van der Waals surface area contributed by atoms with Crippen molar-refractivity contribution in [2.24, 2.45) is 11.1 Å². The van der Waals surface area contributed by atoms with Crippen LogP contribution in [-0.2, 0) is 9.53 Å². The average Bonchev–Trinajstić information content (AvgIpc) is 2.14. The van der Waals surface area contributed by atoms with Gasteiger partial charge in [0.15, 0.2) is 0 Å². The molecule has 1 amide bonds. The number of ether oxygens (including phenoxy) is 1. The second kappa shape index (κ2) is 4.28. The molecule has 3 N–H and O–H groups in total. The van der Waals surface area contributed by atoms with Crippen LogP contribution in [-0.4, -0.2) is 31.2 Å². The fourth-order valence-corrected chi connectivity index (χ4v) is 1.64. The molecule has 4 heteroatoms. The molecule has 1 aliphatic carbocycles. The molecule has 0 spiro atoms. The summed E-state index contributed by atoms with van der Waals surface area (Å²) in [6.07, 6.45) is 0.866. The lowest BCUT2D eigenvalue weighted by Gasteiger charge is -2.50. The van der Waals surface area contributed by atoms with Crippen LogP contribution in [0, 0.1) is 5.41 Å². The van der Waals surface area contributed by atoms with Crippen LogP contribution >= 0.6 is 0 Å². The summed E-state index contributed by atoms with van der Waals surface area (Å²) in [6.45, 7) is 6.75. The Kier molecular flexibility index (Phi) is 3.50. The number of nitrogens with two attached hydrogens (primary N) is 1. The highest BCUT2D eigenvalue weighted by Gasteiger charge is 2.46. The summed E-state index contributed by atoms with van der Waals surface area (Å²) in [5.41, 5.74) is 5.86. The molecule has 1 rings (SSSR count). The van der Waals surface area contributed by atoms with E-state index >= 15 is 0 Å². The zero-order chi connectivity index (χ0) is 10.8. The lowest BCUT2D eigenvalue weighted by atomic mass is 9.63. The Morgan fingerprint density at radius 2 is 2.29 bits per heavy atom. The van der Waals surface area contributed by atoms with Gasteiger partial charge in [-0.3, -0.25) is 4.79 Å². The Labute approximate surface area is 85.2 Å². The SMILES string of the molecule is CCOCC(=O)NC1CC(N)C1(C)C. The molecule has 2 atom stereocenters. The third kappa shape index (κ3) is 2.25. The van der Waals surface area contributed by atoms with Gasteiger partial charge in [0.1, 0.15) is 6.61 Å². The van der Waals surface area contributed by atoms with Crippen LogP contribution in [0.15, 0.2) is 0 Å². The van der Waals surface area contributed by atoms with Gasteiger partial charge in [-0.25, -0.2) is 0 Å². The first-order chi connectivity index (χ1) is 6.48. The number of carbonyl (C=O) groups is 1. The molecule has 0 aromatic carbocycles. The number of nitrogens with one attached hydrogen (secondary N) is 1. The summed E-state index contributed by atoms with van der Waals surface area (Å²) in [7, 11) is 0. The second-order valence-electron chi connectivity index (χ2n) is 4.42. The van der Waals surface area contributed by atoms with Gasteiger partial charge in [-0.15, -0.1) is 0 Å². The molecule has 1 saturated carbocycles. The van der Waals surface area contributed by atoms with Crippen LogP contribution in [0.25, 0.3) is 0 Å². The summed E-state index contributed by atoms with van der Waals surface area (Å²) < 4.78 is 5.02. The van der Waals surface area contributed by atoms with E-state index in [2.05, 4.69) is 19.2 Å². The Morgan fingerprint density at radius 3 is 2.71 bits per heavy atom. The zero-order valence-corrected chi connectivity index (χ0v) is 9.17. The monoisotopic (exact) mass is 200 g/mol. The zero-order valence-electron chi connectivity index (χ0n) is 9.17. The van der Waals surface area contributed by atoms with E-state index in [1.165, 1.54) is 0 Å². The van der Waals surface area contributed by atoms with Crippen molar-refractivity contribution in [3.05, 3.63) is 0 Å². The van der Waals surface area contributed by atoms with Crippen LogP contribution in [0.3, 0.4) is 0 Å². The molecule has 0 saturated heterocycles. The van der Waals surface area contributed by atoms with Gasteiger partial charge in [-0.05, 0) is 13.3 Å². The molecule has 0 heterocycles. The number of rotatable bonds is 4. The number of amides is 1. The van der Waals surface area contributed by atoms with E-state index in [0.29, 0.717) is 6.61 Å². The number of carbonyl (C=O) groups excluding carboxylic acids is 1. The van der Waals surface area contributed by atoms with Crippen molar-refractivity contribution in [1.82, 2.24) is 5.32 Å². The Hall–Kier alpha value is -0.610. The van der Waals surface area contributed by atoms with E-state index < -0.39 is 0 Å². The quantitative estimate of drug-likeness (QED) is 0.684. The average molecular weight is 200 g/mol. The van der Waals surface area contributed by atoms with E-state index in [0.717, 1.165) is 6.42 Å². The van der Waals surface area contributed by atoms with Gasteiger partial charge >= 0.3 is 0 Å². The standard InChI is InChI=1S/C10H20N2O2/c1-4-14-6-9(13)12-8-5-7(11)10(8,2)3/h7-8H,4-6,11H2,1-3H3,(H,12,13). The molecule has 2 unspecified atom stereocenters. The van der Waals surface area contributed by atoms with Gasteiger partial charge in [0, 0.05) is 24.1 Å². The summed E-state index contributed by atoms with van der Waals surface area (Å²) in [6, 6.07) is 0.394. The highest BCUT2D eigenvalue weighted by Crippen LogP contribution is 2.38. The Morgan fingerprint density at radius 1 is 1.64 bits per heavy atom. The number of hydrogen-bond donors (Lipinski definition) is 2. The molecule has 0 radical (unpaired) electrons. The summed E-state index contributed by atoms with van der Waals surface area (Å²) in [4.78, 5) is 11.3. The van der Waals surface area contributed by atoms with Crippen molar-refractivity contribution in [3.63, 3.8) is 0 Å². The van der Waals surface area contributed by atoms with Crippen LogP contribution in [0.2, 0.25) is 0 Å². The first-order valence-corrected chi connectivity index (χ1v) is 5.11. The summed E-state index contributed by atoms with van der Waals surface area (Å²) in [5.74, 6) is -0.0446. The third-order valence-corrected chi connectivity index (χ3v) is 3.12. The lowest BCUT2D eigenvalue weighted by molar-refractivity contribution is -0.128. The molecule has 1 fully saturated rings. The van der Waals surface area contributed by atoms with Crippen molar-refractivity contribution < 1.29 is 9.53 Å². The highest BCUT2D eigenvalue weighted by molar-refractivity contribution is 5.77. The lowest BCUT2D eigenvalue weighted by Crippen LogP contribution is -2.64. The van der Waals surface area contributed by atoms with Crippen LogP contribution in [0.4, 0.5) is 0 Å². The van der Waals surface area contributed by atoms with E-state index in [1.54, 1.807) is 0 Å². The van der Waals surface area contributed by atoms with Gasteiger partial charge in [-0.1, -0.05) is 13.8 Å². The predicted molar refractivity (Wildman–Crippen MR) is 54.8 cm³/mol. The maximum atomic E-state index is 11.3. The topological polar surface area (TPSA) is 64.3 Å². The van der Waals surface area contributed by atoms with E-state index in [1.807, 2.05) is 6.92 Å². The maximum absolute atomic E-state index is 11.3. The van der Waals surface area contributed by atoms with Crippen LogP contribution < -0.4 is 11.1 Å². The van der Waals surface area contributed by atoms with E-state index in [4.69, 9.17) is 10.5 Å². The third-order valence-electron chi connectivity index (χ3n) is 3.12. The van der Waals surface area contributed by atoms with Crippen molar-refractivity contribution in [2.75, 3.05) is 13.2 Å². The largest absolute Gasteiger partial charge is 0.372 e. The summed E-state index contributed by atoms with van der Waals surface area (Å²) in [5, 5.41) is 2.93. The van der Waals surface area contributed by atoms with Gasteiger partial charge < -0.3 is 15.8 Å². The molecular formula is C10H20N2O2. The fourth-order valence-electron chi connectivity index (χ4n) is 1.64. The van der Waals surface area contributed by atoms with Crippen molar-refractivity contribution in [2.45, 2.75) is 39.3 Å². The number of hydrogen-bond acceptors (Lipinski definition) is 3. The van der Waals surface area contributed by atoms with E-state index in [9.17, 15) is 4.79 Å². The smallest absolute Gasteiger partial charge is 0.246 e. The molecule has 0 aromatic heterocycles. The predicted octanol–water partition coefficient (Wildman–Crippen LogP) is 0.265. The summed E-state index contributed by atoms with van der Waals surface area (Å²) >= 11 is 0. The molecular weight excluding hydrogens is 180 g/mol. The molecule has 4 nitrogen and oxygen atoms in total. The minimum absolute atomic E-state index is 0.0157. The normalized spacial score (nSPS) is 29.4. The van der Waals surface area contributed by atoms with Crippen molar-refractivity contribution >= 4 is 5.91 Å². The first kappa shape index (κ1) is 11.5. The minimum Gasteiger partial charge on any atom is -0.372 e. The Bertz CT molecular complexity index is 216. The molecule has 82 valence electrons. The maximum Gasteiger partial charge on any atom is 0.246 e. The van der Waals surface area contributed by atoms with Gasteiger partial charge in [0.05, 0.1) is 0 Å². The fraction of sp³-hybridized carbons (Fsp3) is 0.900. The van der Waals surface area contributed by atoms with Crippen LogP contribution in [0.5, 0.6) is 0 Å². The van der Waals surface area contributed by atoms with Crippen molar-refractivity contribution in [1.29, 1.82) is 0 Å². The molecule has 0 aromatic rings. The van der Waals surface area contributed by atoms with Gasteiger partial charge in [0.25, 0.3) is 0 Å². The molecule has 0 bridgehead atoms. The van der Waals surface area contributed by atoms with Crippen LogP contribution in [0.1, 0.15) is 27.2 Å². The first-order valence-electron chi connectivity index (χ1n) is 5.11. The second-order valence-corrected chi connectivity index (χ2v) is 4.42. The Balaban J connectivity index is 2.29. The minimum atomic E-state index is -0.0446. The van der Waals surface area contributed by atoms with Crippen molar-refractivity contribution in [3.8, 4) is 0 Å². The van der Waals surface area contributed by atoms with Gasteiger partial charge in [-0.2, -0.15) is 0 Å². The molecule has 0 aliphatic heterocycles. The molecule has 14 heavy (non-hydrogen) atoms. The van der Waals surface area contributed by atoms with E-state index in [-0.39, 0.29) is 30.0 Å². The van der Waals surface area contributed by atoms with Gasteiger partial charge in [0.2, 0.25) is 5.91 Å². The highest BCUT2D eigenvalue weighted by atomic mass is 16.5. The molecule has 1 aliphatic rings.